The molecule has 1 aliphatic rings. The summed E-state index contributed by atoms with van der Waals surface area (Å²) >= 11 is 0. The van der Waals surface area contributed by atoms with Gasteiger partial charge in [-0.25, -0.2) is 0 Å². The van der Waals surface area contributed by atoms with E-state index in [9.17, 15) is 4.79 Å². The number of hydrogen-bond donors (Lipinski definition) is 0. The lowest BCUT2D eigenvalue weighted by molar-refractivity contribution is -0.139. The van der Waals surface area contributed by atoms with E-state index in [1.807, 2.05) is 12.2 Å². The van der Waals surface area contributed by atoms with Gasteiger partial charge in [-0.15, -0.1) is 0 Å². The van der Waals surface area contributed by atoms with Gasteiger partial charge in [-0.3, -0.25) is 4.79 Å². The van der Waals surface area contributed by atoms with Crippen molar-refractivity contribution in [3.8, 4) is 0 Å². The molecule has 0 atom stereocenters. The molecule has 0 saturated heterocycles. The first-order valence-electron chi connectivity index (χ1n) is 8.06. The standard InChI is InChI=1S/C20H28O2/c1-14-12-16-17(20(4,5)11-10-19(16,2)3)13-15(14)8-7-9-18(21)22-6/h7-8,12-13H,9-11H2,1-6H3. The topological polar surface area (TPSA) is 26.3 Å². The molecule has 0 amide bonds. The Balaban J connectivity index is 2.42. The zero-order chi connectivity index (χ0) is 16.5. The van der Waals surface area contributed by atoms with Gasteiger partial charge in [-0.05, 0) is 52.8 Å². The van der Waals surface area contributed by atoms with Crippen molar-refractivity contribution in [2.75, 3.05) is 7.11 Å². The summed E-state index contributed by atoms with van der Waals surface area (Å²) in [6, 6.07) is 4.66. The zero-order valence-electron chi connectivity index (χ0n) is 14.7. The van der Waals surface area contributed by atoms with E-state index in [0.29, 0.717) is 6.42 Å². The molecule has 1 aromatic carbocycles. The van der Waals surface area contributed by atoms with Crippen molar-refractivity contribution in [3.05, 3.63) is 40.5 Å². The molecule has 0 fully saturated rings. The van der Waals surface area contributed by atoms with Crippen LogP contribution >= 0.6 is 0 Å². The number of aryl methyl sites for hydroxylation is 1. The van der Waals surface area contributed by atoms with Gasteiger partial charge < -0.3 is 4.74 Å². The van der Waals surface area contributed by atoms with Gasteiger partial charge in [0, 0.05) is 0 Å². The van der Waals surface area contributed by atoms with Crippen LogP contribution in [0.3, 0.4) is 0 Å². The summed E-state index contributed by atoms with van der Waals surface area (Å²) in [5.74, 6) is -0.201. The van der Waals surface area contributed by atoms with Gasteiger partial charge >= 0.3 is 5.97 Å². The molecule has 1 aliphatic carbocycles. The van der Waals surface area contributed by atoms with E-state index in [2.05, 4.69) is 51.5 Å². The van der Waals surface area contributed by atoms with Crippen LogP contribution in [0.1, 0.15) is 69.2 Å². The van der Waals surface area contributed by atoms with E-state index < -0.39 is 0 Å². The number of carbonyl (C=O) groups excluding carboxylic acids is 1. The molecule has 0 bridgehead atoms. The van der Waals surface area contributed by atoms with E-state index >= 15 is 0 Å². The largest absolute Gasteiger partial charge is 0.469 e. The molecular formula is C20H28O2. The molecule has 0 radical (unpaired) electrons. The van der Waals surface area contributed by atoms with Gasteiger partial charge in [0.05, 0.1) is 13.5 Å². The smallest absolute Gasteiger partial charge is 0.309 e. The molecule has 22 heavy (non-hydrogen) atoms. The predicted octanol–water partition coefficient (Wildman–Crippen LogP) is 4.92. The lowest BCUT2D eigenvalue weighted by Crippen LogP contribution is -2.34. The lowest BCUT2D eigenvalue weighted by Gasteiger charge is -2.42. The van der Waals surface area contributed by atoms with E-state index in [4.69, 9.17) is 0 Å². The van der Waals surface area contributed by atoms with E-state index in [1.165, 1.54) is 42.2 Å². The Hall–Kier alpha value is -1.57. The molecule has 1 aromatic rings. The predicted molar refractivity (Wildman–Crippen MR) is 92.1 cm³/mol. The highest BCUT2D eigenvalue weighted by Crippen LogP contribution is 2.46. The second-order valence-electron chi connectivity index (χ2n) is 7.70. The second-order valence-corrected chi connectivity index (χ2v) is 7.70. The Morgan fingerprint density at radius 1 is 1.14 bits per heavy atom. The van der Waals surface area contributed by atoms with Gasteiger partial charge in [0.15, 0.2) is 0 Å². The summed E-state index contributed by atoms with van der Waals surface area (Å²) in [7, 11) is 1.42. The summed E-state index contributed by atoms with van der Waals surface area (Å²) in [6.45, 7) is 11.5. The minimum Gasteiger partial charge on any atom is -0.469 e. The second kappa shape index (κ2) is 5.91. The van der Waals surface area contributed by atoms with Crippen LogP contribution in [0.2, 0.25) is 0 Å². The van der Waals surface area contributed by atoms with Crippen LogP contribution in [-0.4, -0.2) is 13.1 Å². The van der Waals surface area contributed by atoms with E-state index in [1.54, 1.807) is 0 Å². The molecule has 2 heteroatoms. The first-order valence-corrected chi connectivity index (χ1v) is 8.06. The summed E-state index contributed by atoms with van der Waals surface area (Å²) in [6.07, 6.45) is 6.69. The monoisotopic (exact) mass is 300 g/mol. The van der Waals surface area contributed by atoms with Crippen LogP contribution in [0.5, 0.6) is 0 Å². The molecule has 0 aliphatic heterocycles. The van der Waals surface area contributed by atoms with Crippen LogP contribution in [0.25, 0.3) is 6.08 Å². The number of fused-ring (bicyclic) bond motifs is 1. The Kier molecular flexibility index (Phi) is 4.51. The highest BCUT2D eigenvalue weighted by Gasteiger charge is 2.37. The SMILES string of the molecule is COC(=O)CC=Cc1cc2c(cc1C)C(C)(C)CCC2(C)C. The molecule has 0 aromatic heterocycles. The van der Waals surface area contributed by atoms with Gasteiger partial charge in [0.1, 0.15) is 0 Å². The van der Waals surface area contributed by atoms with Crippen molar-refractivity contribution < 1.29 is 9.53 Å². The summed E-state index contributed by atoms with van der Waals surface area (Å²) in [5, 5.41) is 0. The average Bonchev–Trinajstić information content (AvgIpc) is 2.45. The average molecular weight is 300 g/mol. The van der Waals surface area contributed by atoms with Crippen molar-refractivity contribution in [1.82, 2.24) is 0 Å². The molecule has 0 unspecified atom stereocenters. The fourth-order valence-corrected chi connectivity index (χ4v) is 3.28. The van der Waals surface area contributed by atoms with Crippen molar-refractivity contribution in [1.29, 1.82) is 0 Å². The first kappa shape index (κ1) is 16.8. The van der Waals surface area contributed by atoms with Gasteiger partial charge in [0.2, 0.25) is 0 Å². The Bertz CT molecular complexity index is 606. The van der Waals surface area contributed by atoms with Crippen LogP contribution in [-0.2, 0) is 20.4 Å². The Labute approximate surface area is 134 Å². The summed E-state index contributed by atoms with van der Waals surface area (Å²) < 4.78 is 4.68. The Morgan fingerprint density at radius 2 is 1.68 bits per heavy atom. The number of ether oxygens (including phenoxy) is 1. The number of benzene rings is 1. The normalized spacial score (nSPS) is 19.0. The molecule has 0 spiro atoms. The third-order valence-electron chi connectivity index (χ3n) is 5.05. The highest BCUT2D eigenvalue weighted by molar-refractivity contribution is 5.73. The molecule has 2 rings (SSSR count). The Morgan fingerprint density at radius 3 is 2.23 bits per heavy atom. The number of esters is 1. The molecule has 2 nitrogen and oxygen atoms in total. The minimum absolute atomic E-state index is 0.201. The third-order valence-corrected chi connectivity index (χ3v) is 5.05. The number of rotatable bonds is 3. The maximum absolute atomic E-state index is 11.2. The van der Waals surface area contributed by atoms with Gasteiger partial charge in [-0.1, -0.05) is 52.0 Å². The minimum atomic E-state index is -0.201. The maximum Gasteiger partial charge on any atom is 0.309 e. The van der Waals surface area contributed by atoms with E-state index in [-0.39, 0.29) is 16.8 Å². The first-order chi connectivity index (χ1) is 10.2. The van der Waals surface area contributed by atoms with Crippen molar-refractivity contribution in [2.45, 2.75) is 64.7 Å². The molecule has 0 N–H and O–H groups in total. The number of hydrogen-bond acceptors (Lipinski definition) is 2. The lowest BCUT2D eigenvalue weighted by atomic mass is 9.62. The number of methoxy groups -OCH3 is 1. The fraction of sp³-hybridized carbons (Fsp3) is 0.550. The highest BCUT2D eigenvalue weighted by atomic mass is 16.5. The third kappa shape index (κ3) is 3.26. The molecule has 0 heterocycles. The van der Waals surface area contributed by atoms with Crippen LogP contribution in [0.15, 0.2) is 18.2 Å². The van der Waals surface area contributed by atoms with E-state index in [0.717, 1.165) is 0 Å². The number of carbonyl (C=O) groups is 1. The zero-order valence-corrected chi connectivity index (χ0v) is 14.7. The van der Waals surface area contributed by atoms with Crippen molar-refractivity contribution >= 4 is 12.0 Å². The quantitative estimate of drug-likeness (QED) is 0.741. The molecule has 0 saturated carbocycles. The fourth-order valence-electron chi connectivity index (χ4n) is 3.28. The van der Waals surface area contributed by atoms with Crippen LogP contribution in [0, 0.1) is 6.92 Å². The van der Waals surface area contributed by atoms with Crippen LogP contribution in [0.4, 0.5) is 0 Å². The van der Waals surface area contributed by atoms with Gasteiger partial charge in [-0.2, -0.15) is 0 Å². The van der Waals surface area contributed by atoms with Crippen LogP contribution < -0.4 is 0 Å². The molecule has 120 valence electrons. The van der Waals surface area contributed by atoms with Gasteiger partial charge in [0.25, 0.3) is 0 Å². The van der Waals surface area contributed by atoms with Crippen molar-refractivity contribution in [3.63, 3.8) is 0 Å². The summed E-state index contributed by atoms with van der Waals surface area (Å²) in [5.41, 5.74) is 5.85. The van der Waals surface area contributed by atoms with Crippen molar-refractivity contribution in [2.24, 2.45) is 0 Å². The maximum atomic E-state index is 11.2. The summed E-state index contributed by atoms with van der Waals surface area (Å²) in [4.78, 5) is 11.2. The molecular weight excluding hydrogens is 272 g/mol.